The van der Waals surface area contributed by atoms with E-state index < -0.39 is 118 Å². The van der Waals surface area contributed by atoms with Crippen LogP contribution in [0.4, 0.5) is 52.7 Å². The highest BCUT2D eigenvalue weighted by Gasteiger charge is 2.47. The fourth-order valence-corrected chi connectivity index (χ4v) is 6.53. The summed E-state index contributed by atoms with van der Waals surface area (Å²) in [5.41, 5.74) is -3.95. The van der Waals surface area contributed by atoms with Crippen LogP contribution in [0.1, 0.15) is 44.5 Å². The molecule has 4 aromatic rings. The summed E-state index contributed by atoms with van der Waals surface area (Å²) in [7, 11) is -5.12. The third-order valence-corrected chi connectivity index (χ3v) is 9.78. The number of ether oxygens (including phenoxy) is 3. The summed E-state index contributed by atoms with van der Waals surface area (Å²) in [5.74, 6) is -2.68. The Kier molecular flexibility index (Phi) is 14.0. The van der Waals surface area contributed by atoms with Gasteiger partial charge in [0.15, 0.2) is 11.9 Å². The predicted octanol–water partition coefficient (Wildman–Crippen LogP) is 10.6. The summed E-state index contributed by atoms with van der Waals surface area (Å²) in [4.78, 5) is 13.2. The summed E-state index contributed by atoms with van der Waals surface area (Å²) < 4.78 is 205. The maximum absolute atomic E-state index is 14.2. The molecule has 22 heteroatoms. The Morgan fingerprint density at radius 2 is 0.850 bits per heavy atom. The van der Waals surface area contributed by atoms with Gasteiger partial charge in [-0.2, -0.15) is 52.7 Å². The van der Waals surface area contributed by atoms with Crippen molar-refractivity contribution < 1.29 is 94.9 Å². The zero-order valence-electron chi connectivity index (χ0n) is 30.1. The number of carbonyl (C=O) groups excluding carboxylic acids is 1. The van der Waals surface area contributed by atoms with E-state index in [0.29, 0.717) is 24.3 Å². The van der Waals surface area contributed by atoms with Crippen molar-refractivity contribution in [2.24, 2.45) is 0 Å². The van der Waals surface area contributed by atoms with E-state index in [4.69, 9.17) is 27.8 Å². The first-order chi connectivity index (χ1) is 27.9. The first-order valence-electron chi connectivity index (χ1n) is 17.0. The molecule has 1 heterocycles. The van der Waals surface area contributed by atoms with E-state index in [1.54, 1.807) is 0 Å². The Morgan fingerprint density at radius 3 is 1.17 bits per heavy atom. The maximum Gasteiger partial charge on any atom is 0.475 e. The van der Waals surface area contributed by atoms with E-state index in [0.717, 1.165) is 72.8 Å². The van der Waals surface area contributed by atoms with Crippen LogP contribution >= 0.6 is 7.82 Å². The SMILES string of the molecule is O=C1OC(C(CO)OP(=O)(OCc2ccc(C(F)(F)F)cc2)OCc2ccc(C(F)(F)F)cc2)C(OCc2ccc(C(F)(F)F)cc2)=C1OCc1ccc(C(F)(F)F)cc1. The first kappa shape index (κ1) is 46.0. The molecule has 0 saturated carbocycles. The van der Waals surface area contributed by atoms with Crippen molar-refractivity contribution in [3.8, 4) is 0 Å². The molecule has 0 aliphatic carbocycles. The van der Waals surface area contributed by atoms with Crippen molar-refractivity contribution in [3.05, 3.63) is 153 Å². The van der Waals surface area contributed by atoms with Gasteiger partial charge in [-0.25, -0.2) is 9.36 Å². The van der Waals surface area contributed by atoms with Crippen molar-refractivity contribution in [1.29, 1.82) is 0 Å². The topological polar surface area (TPSA) is 110 Å². The second-order valence-corrected chi connectivity index (χ2v) is 14.3. The highest BCUT2D eigenvalue weighted by atomic mass is 31.2. The van der Waals surface area contributed by atoms with Gasteiger partial charge in [-0.05, 0) is 70.8 Å². The van der Waals surface area contributed by atoms with Crippen LogP contribution in [-0.2, 0) is 88.3 Å². The monoisotopic (exact) mass is 888 g/mol. The van der Waals surface area contributed by atoms with Gasteiger partial charge in [0.1, 0.15) is 19.3 Å². The van der Waals surface area contributed by atoms with Crippen molar-refractivity contribution in [1.82, 2.24) is 0 Å². The Balaban J connectivity index is 1.44. The predicted molar refractivity (Wildman–Crippen MR) is 181 cm³/mol. The minimum Gasteiger partial charge on any atom is -0.485 e. The second-order valence-electron chi connectivity index (χ2n) is 12.7. The number of aliphatic hydroxyl groups excluding tert-OH is 1. The fraction of sp³-hybridized carbons (Fsp3) is 0.289. The molecule has 0 radical (unpaired) electrons. The molecule has 1 N–H and O–H groups in total. The van der Waals surface area contributed by atoms with Gasteiger partial charge in [0.2, 0.25) is 5.76 Å². The largest absolute Gasteiger partial charge is 0.485 e. The van der Waals surface area contributed by atoms with Gasteiger partial charge >= 0.3 is 38.5 Å². The van der Waals surface area contributed by atoms with Gasteiger partial charge in [-0.3, -0.25) is 13.6 Å². The summed E-state index contributed by atoms with van der Waals surface area (Å²) >= 11 is 0. The van der Waals surface area contributed by atoms with Crippen molar-refractivity contribution in [3.63, 3.8) is 0 Å². The number of hydrogen-bond donors (Lipinski definition) is 1. The van der Waals surface area contributed by atoms with E-state index in [-0.39, 0.29) is 22.3 Å². The highest BCUT2D eigenvalue weighted by Crippen LogP contribution is 2.53. The molecule has 2 atom stereocenters. The third-order valence-electron chi connectivity index (χ3n) is 8.36. The van der Waals surface area contributed by atoms with Crippen molar-refractivity contribution >= 4 is 13.8 Å². The van der Waals surface area contributed by atoms with Crippen LogP contribution in [-0.4, -0.2) is 29.9 Å². The van der Waals surface area contributed by atoms with Gasteiger partial charge in [0, 0.05) is 0 Å². The van der Waals surface area contributed by atoms with Gasteiger partial charge in [0.25, 0.3) is 0 Å². The molecule has 4 aromatic carbocycles. The molecular weight excluding hydrogens is 859 g/mol. The standard InChI is InChI=1S/C38H29F12O9P/c39-35(40,41)26-9-1-22(2-10-26)18-54-32-31(58-34(52)33(32)55-19-23-3-11-27(12-4-23)36(42,43)44)30(17-51)59-60(53,56-20-24-5-13-28(14-6-24)37(45,46)47)57-21-25-7-15-29(16-8-25)38(48,49)50/h1-16,30-31,51H,17-21H2. The van der Waals surface area contributed by atoms with Crippen LogP contribution in [0.3, 0.4) is 0 Å². The lowest BCUT2D eigenvalue weighted by atomic mass is 10.1. The minimum atomic E-state index is -5.12. The number of benzene rings is 4. The number of phosphoric acid groups is 1. The molecule has 60 heavy (non-hydrogen) atoms. The van der Waals surface area contributed by atoms with Gasteiger partial charge < -0.3 is 19.3 Å². The van der Waals surface area contributed by atoms with E-state index in [9.17, 15) is 67.2 Å². The van der Waals surface area contributed by atoms with Crippen LogP contribution in [0.2, 0.25) is 0 Å². The lowest BCUT2D eigenvalue weighted by Crippen LogP contribution is -2.35. The Labute approximate surface area is 331 Å². The molecule has 5 rings (SSSR count). The average Bonchev–Trinajstić information content (AvgIpc) is 3.50. The number of carbonyl (C=O) groups is 1. The molecule has 1 aliphatic heterocycles. The maximum atomic E-state index is 14.2. The molecule has 0 amide bonds. The number of hydrogen-bond acceptors (Lipinski definition) is 9. The number of halogens is 12. The Hall–Kier alpha value is -5.08. The lowest BCUT2D eigenvalue weighted by molar-refractivity contribution is -0.149. The van der Waals surface area contributed by atoms with Gasteiger partial charge in [-0.1, -0.05) is 48.5 Å². The molecule has 1 aliphatic rings. The zero-order chi connectivity index (χ0) is 44.1. The van der Waals surface area contributed by atoms with E-state index in [1.165, 1.54) is 0 Å². The van der Waals surface area contributed by atoms with E-state index >= 15 is 0 Å². The molecular formula is C38H29F12O9P. The van der Waals surface area contributed by atoms with Crippen LogP contribution in [0.25, 0.3) is 0 Å². The minimum absolute atomic E-state index is 0.0165. The van der Waals surface area contributed by atoms with Gasteiger partial charge in [-0.15, -0.1) is 0 Å². The van der Waals surface area contributed by atoms with E-state index in [2.05, 4.69) is 0 Å². The average molecular weight is 889 g/mol. The van der Waals surface area contributed by atoms with Gasteiger partial charge in [0.05, 0.1) is 42.1 Å². The molecule has 0 fully saturated rings. The Bertz CT molecular complexity index is 2080. The summed E-state index contributed by atoms with van der Waals surface area (Å²) in [5, 5.41) is 10.4. The molecule has 0 bridgehead atoms. The normalized spacial score (nSPS) is 15.9. The fourth-order valence-electron chi connectivity index (χ4n) is 5.21. The van der Waals surface area contributed by atoms with Crippen molar-refractivity contribution in [2.45, 2.75) is 63.3 Å². The quantitative estimate of drug-likeness (QED) is 0.0668. The zero-order valence-corrected chi connectivity index (χ0v) is 31.0. The van der Waals surface area contributed by atoms with Crippen LogP contribution in [0, 0.1) is 0 Å². The third kappa shape index (κ3) is 12.2. The van der Waals surface area contributed by atoms with Crippen LogP contribution in [0.5, 0.6) is 0 Å². The molecule has 324 valence electrons. The Morgan fingerprint density at radius 1 is 0.533 bits per heavy atom. The summed E-state index contributed by atoms with van der Waals surface area (Å²) in [6.45, 7) is -3.94. The second kappa shape index (κ2) is 18.3. The molecule has 0 spiro atoms. The summed E-state index contributed by atoms with van der Waals surface area (Å²) in [6.07, 6.45) is -22.7. The molecule has 9 nitrogen and oxygen atoms in total. The smallest absolute Gasteiger partial charge is 0.475 e. The highest BCUT2D eigenvalue weighted by molar-refractivity contribution is 7.48. The summed E-state index contributed by atoms with van der Waals surface area (Å²) in [6, 6.07) is 13.6. The number of alkyl halides is 12. The van der Waals surface area contributed by atoms with E-state index in [1.807, 2.05) is 0 Å². The number of aliphatic hydroxyl groups is 1. The number of phosphoric ester groups is 1. The number of rotatable bonds is 16. The molecule has 2 unspecified atom stereocenters. The van der Waals surface area contributed by atoms with Crippen molar-refractivity contribution in [2.75, 3.05) is 6.61 Å². The number of cyclic esters (lactones) is 1. The van der Waals surface area contributed by atoms with Crippen LogP contribution < -0.4 is 0 Å². The number of esters is 1. The van der Waals surface area contributed by atoms with Crippen LogP contribution in [0.15, 0.2) is 109 Å². The molecule has 0 saturated heterocycles. The lowest BCUT2D eigenvalue weighted by Gasteiger charge is -2.27. The first-order valence-corrected chi connectivity index (χ1v) is 18.4. The molecule has 0 aromatic heterocycles.